The van der Waals surface area contributed by atoms with E-state index in [4.69, 9.17) is 5.11 Å². The highest BCUT2D eigenvalue weighted by Crippen LogP contribution is 2.65. The minimum absolute atomic E-state index is 0.0718. The Morgan fingerprint density at radius 2 is 1.71 bits per heavy atom. The summed E-state index contributed by atoms with van der Waals surface area (Å²) in [6.45, 7) is 9.74. The minimum atomic E-state index is -0.647. The van der Waals surface area contributed by atoms with Crippen LogP contribution in [0.3, 0.4) is 0 Å². The van der Waals surface area contributed by atoms with Gasteiger partial charge < -0.3 is 10.2 Å². The maximum atomic E-state index is 11.1. The zero-order valence-corrected chi connectivity index (χ0v) is 18.8. The number of carboxylic acids is 1. The smallest absolute Gasteiger partial charge is 0.303 e. The summed E-state index contributed by atoms with van der Waals surface area (Å²) < 4.78 is 0. The quantitative estimate of drug-likeness (QED) is 0.535. The summed E-state index contributed by atoms with van der Waals surface area (Å²) in [5.74, 6) is 3.01. The van der Waals surface area contributed by atoms with Gasteiger partial charge in [-0.25, -0.2) is 0 Å². The van der Waals surface area contributed by atoms with Gasteiger partial charge in [-0.15, -0.1) is 0 Å². The largest absolute Gasteiger partial charge is 0.481 e. The Bertz CT molecular complexity index is 536. The summed E-state index contributed by atoms with van der Waals surface area (Å²) in [6.07, 6.45) is 13.4. The molecule has 0 aromatic carbocycles. The Labute approximate surface area is 172 Å². The van der Waals surface area contributed by atoms with E-state index in [9.17, 15) is 9.90 Å². The molecule has 0 amide bonds. The molecule has 0 aromatic rings. The van der Waals surface area contributed by atoms with Crippen molar-refractivity contribution in [3.05, 3.63) is 0 Å². The van der Waals surface area contributed by atoms with Crippen LogP contribution in [0.2, 0.25) is 0 Å². The molecule has 0 heterocycles. The van der Waals surface area contributed by atoms with Crippen LogP contribution < -0.4 is 0 Å². The number of hydrogen-bond donors (Lipinski definition) is 2. The molecule has 2 N–H and O–H groups in total. The lowest BCUT2D eigenvalue weighted by Gasteiger charge is -2.56. The second-order valence-electron chi connectivity index (χ2n) is 11.2. The number of rotatable bonds is 7. The van der Waals surface area contributed by atoms with Gasteiger partial charge in [-0.1, -0.05) is 40.5 Å². The molecule has 0 aromatic heterocycles. The molecule has 3 aliphatic rings. The van der Waals surface area contributed by atoms with Crippen molar-refractivity contribution >= 4 is 5.97 Å². The number of aliphatic carboxylic acids is 1. The van der Waals surface area contributed by atoms with Crippen molar-refractivity contribution in [1.82, 2.24) is 0 Å². The van der Waals surface area contributed by atoms with Crippen LogP contribution >= 0.6 is 0 Å². The van der Waals surface area contributed by atoms with E-state index in [1.54, 1.807) is 0 Å². The number of carbonyl (C=O) groups is 1. The SMILES string of the molecule is CCCC1C(C2(C)CCC(O)CC2)CC[C@@]2(C)C1CC[C@@H]2[C@H](C)CCC(=O)O. The van der Waals surface area contributed by atoms with Crippen molar-refractivity contribution in [2.24, 2.45) is 40.4 Å². The van der Waals surface area contributed by atoms with E-state index in [1.165, 1.54) is 51.4 Å². The highest BCUT2D eigenvalue weighted by atomic mass is 16.4. The van der Waals surface area contributed by atoms with Crippen molar-refractivity contribution in [3.63, 3.8) is 0 Å². The zero-order chi connectivity index (χ0) is 20.5. The lowest BCUT2D eigenvalue weighted by molar-refractivity contribution is -0.137. The van der Waals surface area contributed by atoms with Gasteiger partial charge in [0, 0.05) is 6.42 Å². The van der Waals surface area contributed by atoms with E-state index in [-0.39, 0.29) is 6.10 Å². The fourth-order valence-electron chi connectivity index (χ4n) is 8.05. The van der Waals surface area contributed by atoms with Gasteiger partial charge in [-0.2, -0.15) is 0 Å². The second-order valence-corrected chi connectivity index (χ2v) is 11.2. The van der Waals surface area contributed by atoms with Crippen LogP contribution in [-0.4, -0.2) is 22.3 Å². The normalized spacial score (nSPS) is 44.8. The summed E-state index contributed by atoms with van der Waals surface area (Å²) in [6, 6.07) is 0. The monoisotopic (exact) mass is 392 g/mol. The van der Waals surface area contributed by atoms with Crippen LogP contribution in [0, 0.1) is 40.4 Å². The van der Waals surface area contributed by atoms with Crippen molar-refractivity contribution in [2.45, 2.75) is 111 Å². The first kappa shape index (κ1) is 22.1. The minimum Gasteiger partial charge on any atom is -0.481 e. The van der Waals surface area contributed by atoms with Crippen molar-refractivity contribution in [2.75, 3.05) is 0 Å². The number of aliphatic hydroxyl groups is 1. The van der Waals surface area contributed by atoms with Gasteiger partial charge in [0.2, 0.25) is 0 Å². The van der Waals surface area contributed by atoms with Gasteiger partial charge in [0.25, 0.3) is 0 Å². The highest BCUT2D eigenvalue weighted by Gasteiger charge is 2.57. The van der Waals surface area contributed by atoms with Gasteiger partial charge in [-0.05, 0) is 98.2 Å². The molecule has 3 fully saturated rings. The summed E-state index contributed by atoms with van der Waals surface area (Å²) in [5, 5.41) is 19.2. The van der Waals surface area contributed by atoms with Crippen molar-refractivity contribution in [1.29, 1.82) is 0 Å². The van der Waals surface area contributed by atoms with Crippen LogP contribution in [0.1, 0.15) is 105 Å². The maximum Gasteiger partial charge on any atom is 0.303 e. The average Bonchev–Trinajstić information content (AvgIpc) is 3.00. The third-order valence-electron chi connectivity index (χ3n) is 9.63. The van der Waals surface area contributed by atoms with Crippen molar-refractivity contribution in [3.8, 4) is 0 Å². The third-order valence-corrected chi connectivity index (χ3v) is 9.63. The summed E-state index contributed by atoms with van der Waals surface area (Å²) in [5.41, 5.74) is 0.812. The molecule has 3 aliphatic carbocycles. The standard InChI is InChI=1S/C25H44O3/c1-5-6-19-21(24(3)14-11-18(26)12-15-24)13-16-25(4)20(8-9-22(19)25)17(2)7-10-23(27)28/h17-22,26H,5-16H2,1-4H3,(H,27,28)/t17-,18?,19?,20-,21?,22?,24?,25-/m1/s1. The molecule has 3 heteroatoms. The van der Waals surface area contributed by atoms with E-state index in [2.05, 4.69) is 27.7 Å². The van der Waals surface area contributed by atoms with E-state index in [1.807, 2.05) is 0 Å². The summed E-state index contributed by atoms with van der Waals surface area (Å²) >= 11 is 0. The van der Waals surface area contributed by atoms with Gasteiger partial charge in [0.1, 0.15) is 0 Å². The molecular weight excluding hydrogens is 348 g/mol. The lowest BCUT2D eigenvalue weighted by atomic mass is 9.49. The average molecular weight is 393 g/mol. The van der Waals surface area contributed by atoms with Crippen LogP contribution in [0.15, 0.2) is 0 Å². The van der Waals surface area contributed by atoms with E-state index in [0.29, 0.717) is 29.1 Å². The Morgan fingerprint density at radius 1 is 1.04 bits per heavy atom. The molecule has 6 atom stereocenters. The Hall–Kier alpha value is -0.570. The molecule has 0 bridgehead atoms. The number of aliphatic hydroxyl groups excluding tert-OH is 1. The maximum absolute atomic E-state index is 11.1. The molecule has 3 rings (SSSR count). The number of hydrogen-bond acceptors (Lipinski definition) is 2. The topological polar surface area (TPSA) is 57.5 Å². The van der Waals surface area contributed by atoms with Crippen LogP contribution in [-0.2, 0) is 4.79 Å². The summed E-state index contributed by atoms with van der Waals surface area (Å²) in [4.78, 5) is 11.1. The molecule has 0 saturated heterocycles. The predicted molar refractivity (Wildman–Crippen MR) is 114 cm³/mol. The van der Waals surface area contributed by atoms with Crippen LogP contribution in [0.25, 0.3) is 0 Å². The number of carboxylic acid groups (broad SMARTS) is 1. The fraction of sp³-hybridized carbons (Fsp3) is 0.960. The molecule has 162 valence electrons. The van der Waals surface area contributed by atoms with Gasteiger partial charge in [0.05, 0.1) is 6.10 Å². The molecule has 28 heavy (non-hydrogen) atoms. The summed E-state index contributed by atoms with van der Waals surface area (Å²) in [7, 11) is 0. The Kier molecular flexibility index (Phi) is 6.84. The van der Waals surface area contributed by atoms with Crippen molar-refractivity contribution < 1.29 is 15.0 Å². The van der Waals surface area contributed by atoms with E-state index in [0.717, 1.165) is 37.0 Å². The predicted octanol–water partition coefficient (Wildman–Crippen LogP) is 6.29. The lowest BCUT2D eigenvalue weighted by Crippen LogP contribution is -2.48. The fourth-order valence-corrected chi connectivity index (χ4v) is 8.05. The van der Waals surface area contributed by atoms with Gasteiger partial charge >= 0.3 is 5.97 Å². The van der Waals surface area contributed by atoms with E-state index < -0.39 is 5.97 Å². The molecule has 0 aliphatic heterocycles. The third kappa shape index (κ3) is 4.16. The number of fused-ring (bicyclic) bond motifs is 1. The Morgan fingerprint density at radius 3 is 2.32 bits per heavy atom. The molecule has 0 radical (unpaired) electrons. The van der Waals surface area contributed by atoms with Crippen LogP contribution in [0.5, 0.6) is 0 Å². The van der Waals surface area contributed by atoms with Gasteiger partial charge in [0.15, 0.2) is 0 Å². The molecular formula is C25H44O3. The highest BCUT2D eigenvalue weighted by molar-refractivity contribution is 5.66. The first-order valence-electron chi connectivity index (χ1n) is 12.1. The molecule has 0 spiro atoms. The van der Waals surface area contributed by atoms with Gasteiger partial charge in [-0.3, -0.25) is 4.79 Å². The van der Waals surface area contributed by atoms with E-state index >= 15 is 0 Å². The zero-order valence-electron chi connectivity index (χ0n) is 18.8. The first-order valence-corrected chi connectivity index (χ1v) is 12.1. The molecule has 3 nitrogen and oxygen atoms in total. The molecule has 3 saturated carbocycles. The molecule has 3 unspecified atom stereocenters. The van der Waals surface area contributed by atoms with Crippen LogP contribution in [0.4, 0.5) is 0 Å². The Balaban J connectivity index is 1.77. The second kappa shape index (κ2) is 8.66. The first-order chi connectivity index (χ1) is 13.2.